The Morgan fingerprint density at radius 1 is 1.20 bits per heavy atom. The topological polar surface area (TPSA) is 71.8 Å². The molecule has 0 saturated heterocycles. The van der Waals surface area contributed by atoms with E-state index in [1.165, 1.54) is 0 Å². The average molecular weight is 350 g/mol. The Kier molecular flexibility index (Phi) is 3.58. The zero-order valence-corrected chi connectivity index (χ0v) is 12.9. The molecule has 102 valence electrons. The first kappa shape index (κ1) is 13.3. The number of benzene rings is 2. The minimum atomic E-state index is -1.12. The number of hydrogen-bond donors (Lipinski definition) is 2. The molecule has 4 nitrogen and oxygen atoms in total. The van der Waals surface area contributed by atoms with E-state index in [1.807, 2.05) is 36.4 Å². The second-order valence-corrected chi connectivity index (χ2v) is 6.77. The highest BCUT2D eigenvalue weighted by atomic mass is 79.9. The van der Waals surface area contributed by atoms with Gasteiger partial charge in [-0.05, 0) is 42.5 Å². The van der Waals surface area contributed by atoms with Crippen molar-refractivity contribution in [1.82, 2.24) is 9.97 Å². The van der Waals surface area contributed by atoms with E-state index < -0.39 is 10.8 Å². The summed E-state index contributed by atoms with van der Waals surface area (Å²) in [5.41, 5.74) is 8.11. The van der Waals surface area contributed by atoms with Gasteiger partial charge in [-0.25, -0.2) is 4.98 Å². The third-order valence-electron chi connectivity index (χ3n) is 2.90. The second kappa shape index (κ2) is 5.38. The summed E-state index contributed by atoms with van der Waals surface area (Å²) < 4.78 is 13.3. The number of nitrogens with zero attached hydrogens (tertiary/aromatic N) is 1. The van der Waals surface area contributed by atoms with Crippen LogP contribution in [0.15, 0.2) is 51.8 Å². The number of aromatic nitrogens is 2. The molecule has 0 fully saturated rings. The summed E-state index contributed by atoms with van der Waals surface area (Å²) >= 11 is 3.36. The fraction of sp³-hybridized carbons (Fsp3) is 0.0714. The summed E-state index contributed by atoms with van der Waals surface area (Å²) in [6.45, 7) is 0. The van der Waals surface area contributed by atoms with E-state index in [1.54, 1.807) is 6.07 Å². The Morgan fingerprint density at radius 3 is 2.70 bits per heavy atom. The maximum absolute atomic E-state index is 12.3. The minimum Gasteiger partial charge on any atom is -0.399 e. The molecule has 1 unspecified atom stereocenters. The lowest BCUT2D eigenvalue weighted by molar-refractivity contribution is 0.681. The largest absolute Gasteiger partial charge is 0.399 e. The highest BCUT2D eigenvalue weighted by molar-refractivity contribution is 9.10. The Morgan fingerprint density at radius 2 is 1.95 bits per heavy atom. The predicted octanol–water partition coefficient (Wildman–Crippen LogP) is 3.22. The molecule has 1 heterocycles. The molecule has 1 aromatic heterocycles. The number of imidazole rings is 1. The number of anilines is 1. The normalized spacial score (nSPS) is 12.7. The van der Waals surface area contributed by atoms with Crippen molar-refractivity contribution in [1.29, 1.82) is 0 Å². The molecule has 6 heteroatoms. The van der Waals surface area contributed by atoms with Gasteiger partial charge in [-0.3, -0.25) is 4.21 Å². The van der Waals surface area contributed by atoms with Crippen molar-refractivity contribution in [2.75, 3.05) is 5.73 Å². The van der Waals surface area contributed by atoms with Gasteiger partial charge in [0.05, 0.1) is 27.6 Å². The van der Waals surface area contributed by atoms with E-state index >= 15 is 0 Å². The highest BCUT2D eigenvalue weighted by Crippen LogP contribution is 2.18. The number of nitrogens with two attached hydrogens (primary N) is 1. The van der Waals surface area contributed by atoms with Crippen LogP contribution in [0.2, 0.25) is 0 Å². The number of nitrogens with one attached hydrogen (secondary N) is 1. The van der Waals surface area contributed by atoms with Gasteiger partial charge in [0.2, 0.25) is 0 Å². The molecule has 0 spiro atoms. The van der Waals surface area contributed by atoms with Crippen LogP contribution < -0.4 is 5.73 Å². The number of hydrogen-bond acceptors (Lipinski definition) is 3. The van der Waals surface area contributed by atoms with Crippen molar-refractivity contribution in [2.45, 2.75) is 10.6 Å². The summed E-state index contributed by atoms with van der Waals surface area (Å²) in [4.78, 5) is 8.36. The van der Waals surface area contributed by atoms with E-state index in [0.717, 1.165) is 20.4 Å². The molecule has 0 aliphatic heterocycles. The number of H-pyrrole nitrogens is 1. The Bertz CT molecular complexity index is 783. The number of fused-ring (bicyclic) bond motifs is 1. The van der Waals surface area contributed by atoms with Crippen LogP contribution in [0, 0.1) is 0 Å². The quantitative estimate of drug-likeness (QED) is 0.713. The molecule has 3 rings (SSSR count). The van der Waals surface area contributed by atoms with Gasteiger partial charge >= 0.3 is 0 Å². The van der Waals surface area contributed by atoms with Gasteiger partial charge in [0.1, 0.15) is 5.82 Å². The fourth-order valence-corrected chi connectivity index (χ4v) is 3.20. The van der Waals surface area contributed by atoms with Crippen LogP contribution in [-0.4, -0.2) is 14.2 Å². The molecule has 3 N–H and O–H groups in total. The summed E-state index contributed by atoms with van der Waals surface area (Å²) in [5, 5.41) is 0. The van der Waals surface area contributed by atoms with Gasteiger partial charge in [0.15, 0.2) is 0 Å². The van der Waals surface area contributed by atoms with Crippen molar-refractivity contribution in [2.24, 2.45) is 0 Å². The summed E-state index contributed by atoms with van der Waals surface area (Å²) in [5.74, 6) is 1.06. The Labute approximate surface area is 127 Å². The molecule has 0 aliphatic rings. The van der Waals surface area contributed by atoms with Crippen LogP contribution in [0.25, 0.3) is 11.0 Å². The van der Waals surface area contributed by atoms with E-state index in [4.69, 9.17) is 5.73 Å². The van der Waals surface area contributed by atoms with Crippen molar-refractivity contribution >= 4 is 43.5 Å². The van der Waals surface area contributed by atoms with Crippen LogP contribution in [0.1, 0.15) is 5.82 Å². The fourth-order valence-electron chi connectivity index (χ4n) is 1.94. The summed E-state index contributed by atoms with van der Waals surface area (Å²) in [6.07, 6.45) is 0. The lowest BCUT2D eigenvalue weighted by Gasteiger charge is -2.00. The van der Waals surface area contributed by atoms with Gasteiger partial charge in [0, 0.05) is 15.1 Å². The third kappa shape index (κ3) is 2.76. The minimum absolute atomic E-state index is 0.357. The zero-order chi connectivity index (χ0) is 14.1. The number of halogens is 1. The van der Waals surface area contributed by atoms with E-state index in [9.17, 15) is 4.21 Å². The second-order valence-electron chi connectivity index (χ2n) is 4.40. The molecule has 20 heavy (non-hydrogen) atoms. The molecule has 0 radical (unpaired) electrons. The molecule has 3 aromatic rings. The lowest BCUT2D eigenvalue weighted by Crippen LogP contribution is -1.98. The third-order valence-corrected chi connectivity index (χ3v) is 4.76. The van der Waals surface area contributed by atoms with Gasteiger partial charge < -0.3 is 10.7 Å². The number of rotatable bonds is 3. The van der Waals surface area contributed by atoms with Crippen LogP contribution in [0.5, 0.6) is 0 Å². The zero-order valence-electron chi connectivity index (χ0n) is 10.5. The van der Waals surface area contributed by atoms with E-state index in [0.29, 0.717) is 17.3 Å². The summed E-state index contributed by atoms with van der Waals surface area (Å²) in [7, 11) is -1.12. The van der Waals surface area contributed by atoms with E-state index in [-0.39, 0.29) is 0 Å². The molecule has 2 aromatic carbocycles. The van der Waals surface area contributed by atoms with Gasteiger partial charge in [0.25, 0.3) is 0 Å². The predicted molar refractivity (Wildman–Crippen MR) is 84.8 cm³/mol. The molecular formula is C14H12BrN3OS. The average Bonchev–Trinajstić information content (AvgIpc) is 2.80. The SMILES string of the molecule is Nc1ccc2nc(CS(=O)c3ccc(Br)cc3)[nH]c2c1. The first-order chi connectivity index (χ1) is 9.61. The molecule has 0 amide bonds. The van der Waals surface area contributed by atoms with Crippen LogP contribution in [0.4, 0.5) is 5.69 Å². The van der Waals surface area contributed by atoms with Crippen molar-refractivity contribution in [3.8, 4) is 0 Å². The smallest absolute Gasteiger partial charge is 0.120 e. The molecule has 0 saturated carbocycles. The van der Waals surface area contributed by atoms with Crippen LogP contribution in [-0.2, 0) is 16.6 Å². The van der Waals surface area contributed by atoms with Gasteiger partial charge in [-0.1, -0.05) is 15.9 Å². The van der Waals surface area contributed by atoms with Crippen LogP contribution >= 0.6 is 15.9 Å². The molecule has 0 bridgehead atoms. The number of nitrogen functional groups attached to an aromatic ring is 1. The Hall–Kier alpha value is -1.66. The first-order valence-corrected chi connectivity index (χ1v) is 8.11. The van der Waals surface area contributed by atoms with Crippen molar-refractivity contribution in [3.05, 3.63) is 52.8 Å². The first-order valence-electron chi connectivity index (χ1n) is 6.00. The molecule has 1 atom stereocenters. The molecular weight excluding hydrogens is 338 g/mol. The summed E-state index contributed by atoms with van der Waals surface area (Å²) in [6, 6.07) is 12.9. The van der Waals surface area contributed by atoms with E-state index in [2.05, 4.69) is 25.9 Å². The maximum Gasteiger partial charge on any atom is 0.120 e. The molecule has 0 aliphatic carbocycles. The van der Waals surface area contributed by atoms with Gasteiger partial charge in [-0.15, -0.1) is 0 Å². The Balaban J connectivity index is 1.85. The standard InChI is InChI=1S/C14H12BrN3OS/c15-9-1-4-11(5-2-9)20(19)8-14-17-12-6-3-10(16)7-13(12)18-14/h1-7H,8,16H2,(H,17,18). The highest BCUT2D eigenvalue weighted by Gasteiger charge is 2.09. The number of aromatic amines is 1. The lowest BCUT2D eigenvalue weighted by atomic mass is 10.3. The maximum atomic E-state index is 12.3. The van der Waals surface area contributed by atoms with Crippen molar-refractivity contribution < 1.29 is 4.21 Å². The van der Waals surface area contributed by atoms with Crippen molar-refractivity contribution in [3.63, 3.8) is 0 Å². The monoisotopic (exact) mass is 349 g/mol. The van der Waals surface area contributed by atoms with Crippen LogP contribution in [0.3, 0.4) is 0 Å². The van der Waals surface area contributed by atoms with Gasteiger partial charge in [-0.2, -0.15) is 0 Å².